The lowest BCUT2D eigenvalue weighted by Crippen LogP contribution is -2.24. The largest absolute Gasteiger partial charge is 0.497 e. The molecule has 1 atom stereocenters. The fourth-order valence-corrected chi connectivity index (χ4v) is 5.26. The van der Waals surface area contributed by atoms with Crippen molar-refractivity contribution < 1.29 is 9.30 Å². The van der Waals surface area contributed by atoms with Gasteiger partial charge in [-0.15, -0.1) is 0 Å². The summed E-state index contributed by atoms with van der Waals surface area (Å²) in [5.41, 5.74) is 1.16. The van der Waals surface area contributed by atoms with Crippen molar-refractivity contribution in [3.8, 4) is 5.75 Å². The second kappa shape index (κ2) is 6.44. The smallest absolute Gasteiger partial charge is 0.171 e. The Hall–Kier alpha value is -2.31. The molecule has 0 aromatic heterocycles. The maximum absolute atomic E-state index is 14.1. The summed E-state index contributed by atoms with van der Waals surface area (Å²) in [5, 5.41) is 2.50. The normalized spacial score (nSPS) is 13.3. The van der Waals surface area contributed by atoms with E-state index in [4.69, 9.17) is 4.74 Å². The molecule has 1 unspecified atom stereocenters. The molecule has 116 valence electrons. The van der Waals surface area contributed by atoms with Gasteiger partial charge >= 0.3 is 0 Å². The molecular formula is C20H19O2P. The van der Waals surface area contributed by atoms with Gasteiger partial charge in [-0.05, 0) is 31.2 Å². The van der Waals surface area contributed by atoms with Crippen molar-refractivity contribution in [2.24, 2.45) is 0 Å². The highest BCUT2D eigenvalue weighted by molar-refractivity contribution is 7.85. The topological polar surface area (TPSA) is 26.3 Å². The van der Waals surface area contributed by atoms with E-state index in [-0.39, 0.29) is 0 Å². The van der Waals surface area contributed by atoms with Gasteiger partial charge in [0.2, 0.25) is 0 Å². The summed E-state index contributed by atoms with van der Waals surface area (Å²) in [6, 6.07) is 25.1. The van der Waals surface area contributed by atoms with Crippen LogP contribution in [0.15, 0.2) is 78.9 Å². The quantitative estimate of drug-likeness (QED) is 0.686. The van der Waals surface area contributed by atoms with Crippen LogP contribution in [-0.4, -0.2) is 7.11 Å². The molecule has 0 saturated carbocycles. The number of aryl methyl sites for hydroxylation is 1. The van der Waals surface area contributed by atoms with Gasteiger partial charge in [0.25, 0.3) is 0 Å². The van der Waals surface area contributed by atoms with Crippen molar-refractivity contribution in [1.29, 1.82) is 0 Å². The number of rotatable bonds is 4. The Morgan fingerprint density at radius 3 is 1.70 bits per heavy atom. The van der Waals surface area contributed by atoms with Crippen molar-refractivity contribution in [2.45, 2.75) is 6.92 Å². The molecule has 0 bridgehead atoms. The number of ether oxygens (including phenoxy) is 1. The molecule has 23 heavy (non-hydrogen) atoms. The second-order valence-electron chi connectivity index (χ2n) is 5.48. The van der Waals surface area contributed by atoms with Crippen LogP contribution in [0.25, 0.3) is 0 Å². The maximum atomic E-state index is 14.1. The third-order valence-corrected chi connectivity index (χ3v) is 7.03. The average molecular weight is 322 g/mol. The van der Waals surface area contributed by atoms with E-state index in [2.05, 4.69) is 0 Å². The Kier molecular flexibility index (Phi) is 4.36. The van der Waals surface area contributed by atoms with Gasteiger partial charge in [-0.2, -0.15) is 0 Å². The van der Waals surface area contributed by atoms with Gasteiger partial charge in [0.15, 0.2) is 7.14 Å². The van der Waals surface area contributed by atoms with E-state index in [1.807, 2.05) is 85.8 Å². The number of hydrogen-bond donors (Lipinski definition) is 0. The van der Waals surface area contributed by atoms with E-state index in [9.17, 15) is 4.57 Å². The SMILES string of the molecule is COc1ccc(P(=O)(c2ccccc2)c2ccc(C)cc2)cc1. The highest BCUT2D eigenvalue weighted by Gasteiger charge is 2.29. The monoisotopic (exact) mass is 322 g/mol. The number of hydrogen-bond acceptors (Lipinski definition) is 2. The van der Waals surface area contributed by atoms with Gasteiger partial charge in [0, 0.05) is 15.9 Å². The van der Waals surface area contributed by atoms with Gasteiger partial charge in [-0.1, -0.05) is 60.2 Å². The average Bonchev–Trinajstić information content (AvgIpc) is 2.62. The Balaban J connectivity index is 2.21. The van der Waals surface area contributed by atoms with Gasteiger partial charge < -0.3 is 9.30 Å². The van der Waals surface area contributed by atoms with Crippen LogP contribution in [0, 0.1) is 6.92 Å². The molecule has 0 amide bonds. The second-order valence-corrected chi connectivity index (χ2v) is 8.25. The molecule has 0 saturated heterocycles. The molecule has 0 aliphatic rings. The first-order chi connectivity index (χ1) is 11.1. The molecule has 3 aromatic carbocycles. The summed E-state index contributed by atoms with van der Waals surface area (Å²) < 4.78 is 19.3. The molecular weight excluding hydrogens is 303 g/mol. The number of benzene rings is 3. The van der Waals surface area contributed by atoms with E-state index < -0.39 is 7.14 Å². The Morgan fingerprint density at radius 1 is 0.696 bits per heavy atom. The predicted octanol–water partition coefficient (Wildman–Crippen LogP) is 3.64. The Morgan fingerprint density at radius 2 is 1.17 bits per heavy atom. The highest BCUT2D eigenvalue weighted by Crippen LogP contribution is 2.42. The van der Waals surface area contributed by atoms with Crippen molar-refractivity contribution in [3.05, 3.63) is 84.4 Å². The van der Waals surface area contributed by atoms with E-state index >= 15 is 0 Å². The Labute approximate surface area is 137 Å². The van der Waals surface area contributed by atoms with Crippen LogP contribution in [-0.2, 0) is 4.57 Å². The van der Waals surface area contributed by atoms with Crippen LogP contribution in [0.4, 0.5) is 0 Å². The molecule has 3 rings (SSSR count). The maximum Gasteiger partial charge on any atom is 0.171 e. The lowest BCUT2D eigenvalue weighted by atomic mass is 10.2. The first-order valence-corrected chi connectivity index (χ1v) is 9.23. The van der Waals surface area contributed by atoms with E-state index in [1.54, 1.807) is 7.11 Å². The van der Waals surface area contributed by atoms with Crippen molar-refractivity contribution >= 4 is 23.1 Å². The number of methoxy groups -OCH3 is 1. The van der Waals surface area contributed by atoms with E-state index in [0.717, 1.165) is 27.2 Å². The molecule has 0 heterocycles. The molecule has 3 aromatic rings. The van der Waals surface area contributed by atoms with Crippen LogP contribution in [0.3, 0.4) is 0 Å². The van der Waals surface area contributed by atoms with E-state index in [0.29, 0.717) is 0 Å². The standard InChI is InChI=1S/C20H19O2P/c1-16-8-12-19(13-9-16)23(21,18-6-4-3-5-7-18)20-14-10-17(22-2)11-15-20/h3-15H,1-2H3. The summed E-state index contributed by atoms with van der Waals surface area (Å²) >= 11 is 0. The van der Waals surface area contributed by atoms with Crippen LogP contribution < -0.4 is 20.7 Å². The third kappa shape index (κ3) is 2.95. The van der Waals surface area contributed by atoms with Gasteiger partial charge in [0.1, 0.15) is 5.75 Å². The molecule has 0 radical (unpaired) electrons. The van der Waals surface area contributed by atoms with Crippen molar-refractivity contribution in [1.82, 2.24) is 0 Å². The zero-order chi connectivity index (χ0) is 16.3. The summed E-state index contributed by atoms with van der Waals surface area (Å²) in [6.45, 7) is 2.03. The van der Waals surface area contributed by atoms with E-state index in [1.165, 1.54) is 0 Å². The van der Waals surface area contributed by atoms with Crippen LogP contribution in [0.5, 0.6) is 5.75 Å². The fourth-order valence-electron chi connectivity index (χ4n) is 2.63. The van der Waals surface area contributed by atoms with Crippen LogP contribution >= 0.6 is 7.14 Å². The van der Waals surface area contributed by atoms with Gasteiger partial charge in [0.05, 0.1) is 7.11 Å². The fraction of sp³-hybridized carbons (Fsp3) is 0.100. The lowest BCUT2D eigenvalue weighted by Gasteiger charge is -2.20. The van der Waals surface area contributed by atoms with Gasteiger partial charge in [-0.3, -0.25) is 0 Å². The van der Waals surface area contributed by atoms with Crippen LogP contribution in [0.2, 0.25) is 0 Å². The van der Waals surface area contributed by atoms with Crippen LogP contribution in [0.1, 0.15) is 5.56 Å². The zero-order valence-corrected chi connectivity index (χ0v) is 14.2. The third-order valence-electron chi connectivity index (χ3n) is 3.95. The minimum Gasteiger partial charge on any atom is -0.497 e. The first-order valence-electron chi connectivity index (χ1n) is 7.52. The molecule has 3 heteroatoms. The molecule has 0 aliphatic carbocycles. The minimum atomic E-state index is -2.88. The molecule has 0 spiro atoms. The summed E-state index contributed by atoms with van der Waals surface area (Å²) in [7, 11) is -1.25. The zero-order valence-electron chi connectivity index (χ0n) is 13.3. The summed E-state index contributed by atoms with van der Waals surface area (Å²) in [4.78, 5) is 0. The molecule has 0 N–H and O–H groups in total. The predicted molar refractivity (Wildman–Crippen MR) is 97.1 cm³/mol. The van der Waals surface area contributed by atoms with Crippen molar-refractivity contribution in [2.75, 3.05) is 7.11 Å². The lowest BCUT2D eigenvalue weighted by molar-refractivity contribution is 0.415. The molecule has 0 aliphatic heterocycles. The molecule has 2 nitrogen and oxygen atoms in total. The minimum absolute atomic E-state index is 0.761. The summed E-state index contributed by atoms with van der Waals surface area (Å²) in [6.07, 6.45) is 0. The Bertz CT molecular complexity index is 822. The highest BCUT2D eigenvalue weighted by atomic mass is 31.2. The summed E-state index contributed by atoms with van der Waals surface area (Å²) in [5.74, 6) is 0.761. The first kappa shape index (κ1) is 15.6. The van der Waals surface area contributed by atoms with Crippen molar-refractivity contribution in [3.63, 3.8) is 0 Å². The molecule has 0 fully saturated rings. The van der Waals surface area contributed by atoms with Gasteiger partial charge in [-0.25, -0.2) is 0 Å².